The van der Waals surface area contributed by atoms with E-state index in [-0.39, 0.29) is 12.1 Å². The lowest BCUT2D eigenvalue weighted by atomic mass is 10.0. The van der Waals surface area contributed by atoms with Gasteiger partial charge in [-0.15, -0.1) is 0 Å². The quantitative estimate of drug-likeness (QED) is 0.728. The molecule has 2 rings (SSSR count). The van der Waals surface area contributed by atoms with E-state index in [1.165, 1.54) is 0 Å². The topological polar surface area (TPSA) is 60.2 Å². The minimum Gasteiger partial charge on any atom is -0.390 e. The number of aromatic nitrogens is 1. The van der Waals surface area contributed by atoms with E-state index in [0.717, 1.165) is 5.56 Å². The summed E-state index contributed by atoms with van der Waals surface area (Å²) < 4.78 is 0. The lowest BCUT2D eigenvalue weighted by Gasteiger charge is -2.38. The third kappa shape index (κ3) is 1.60. The van der Waals surface area contributed by atoms with Crippen molar-refractivity contribution in [2.24, 2.45) is 0 Å². The minimum absolute atomic E-state index is 0.271. The third-order valence-electron chi connectivity index (χ3n) is 2.38. The number of β-amino-alcohol motifs (C(OH)–C–C–N with tert-alkyl or cyclic N) is 1. The molecule has 1 aromatic rings. The van der Waals surface area contributed by atoms with Crippen molar-refractivity contribution in [3.8, 4) is 6.07 Å². The number of nitriles is 1. The smallest absolute Gasteiger partial charge is 0.125 e. The van der Waals surface area contributed by atoms with Crippen LogP contribution in [0.2, 0.25) is 0 Å². The molecule has 0 bridgehead atoms. The largest absolute Gasteiger partial charge is 0.390 e. The van der Waals surface area contributed by atoms with Gasteiger partial charge in [-0.2, -0.15) is 5.26 Å². The zero-order chi connectivity index (χ0) is 9.97. The molecule has 0 spiro atoms. The van der Waals surface area contributed by atoms with Crippen LogP contribution in [0.25, 0.3) is 0 Å². The number of hydrogen-bond acceptors (Lipinski definition) is 4. The first-order valence-electron chi connectivity index (χ1n) is 4.53. The Kier molecular flexibility index (Phi) is 2.44. The molecule has 1 aliphatic rings. The molecule has 0 aliphatic carbocycles. The van der Waals surface area contributed by atoms with Gasteiger partial charge in [-0.05, 0) is 6.07 Å². The summed E-state index contributed by atoms with van der Waals surface area (Å²) in [6.45, 7) is 1.15. The Labute approximate surface area is 82.4 Å². The van der Waals surface area contributed by atoms with Gasteiger partial charge in [0.2, 0.25) is 0 Å². The highest BCUT2D eigenvalue weighted by Crippen LogP contribution is 2.24. The van der Waals surface area contributed by atoms with E-state index >= 15 is 0 Å². The fraction of sp³-hybridized carbons (Fsp3) is 0.400. The van der Waals surface area contributed by atoms with E-state index in [1.54, 1.807) is 12.4 Å². The summed E-state index contributed by atoms with van der Waals surface area (Å²) >= 11 is 0. The molecule has 0 amide bonds. The average Bonchev–Trinajstić information content (AvgIpc) is 2.18. The van der Waals surface area contributed by atoms with E-state index in [2.05, 4.69) is 11.1 Å². The van der Waals surface area contributed by atoms with E-state index in [0.29, 0.717) is 13.1 Å². The van der Waals surface area contributed by atoms with Crippen LogP contribution in [-0.4, -0.2) is 34.2 Å². The van der Waals surface area contributed by atoms with Crippen molar-refractivity contribution in [1.82, 2.24) is 9.88 Å². The van der Waals surface area contributed by atoms with Gasteiger partial charge in [-0.25, -0.2) is 0 Å². The number of rotatable bonds is 2. The summed E-state index contributed by atoms with van der Waals surface area (Å²) in [4.78, 5) is 5.91. The zero-order valence-electron chi connectivity index (χ0n) is 7.67. The van der Waals surface area contributed by atoms with Crippen LogP contribution in [0.4, 0.5) is 0 Å². The standard InChI is InChI=1S/C10H11N3O/c11-4-10(13-6-9(14)7-13)8-2-1-3-12-5-8/h1-3,5,9-10,14H,6-7H2/t10-/m0/s1. The molecule has 2 heterocycles. The number of hydrogen-bond donors (Lipinski definition) is 1. The van der Waals surface area contributed by atoms with Crippen LogP contribution in [0.5, 0.6) is 0 Å². The van der Waals surface area contributed by atoms with E-state index < -0.39 is 0 Å². The van der Waals surface area contributed by atoms with E-state index in [9.17, 15) is 0 Å². The summed E-state index contributed by atoms with van der Waals surface area (Å²) in [7, 11) is 0. The Morgan fingerprint density at radius 2 is 2.43 bits per heavy atom. The van der Waals surface area contributed by atoms with Crippen LogP contribution < -0.4 is 0 Å². The third-order valence-corrected chi connectivity index (χ3v) is 2.38. The summed E-state index contributed by atoms with van der Waals surface area (Å²) in [5.74, 6) is 0. The molecular weight excluding hydrogens is 178 g/mol. The van der Waals surface area contributed by atoms with Crippen LogP contribution in [0, 0.1) is 11.3 Å². The number of nitrogens with zero attached hydrogens (tertiary/aromatic N) is 3. The molecule has 0 aromatic carbocycles. The summed E-state index contributed by atoms with van der Waals surface area (Å²) in [6.07, 6.45) is 3.10. The first-order valence-corrected chi connectivity index (χ1v) is 4.53. The van der Waals surface area contributed by atoms with Crippen molar-refractivity contribution in [3.63, 3.8) is 0 Å². The number of likely N-dealkylation sites (tertiary alicyclic amines) is 1. The van der Waals surface area contributed by atoms with E-state index in [1.807, 2.05) is 17.0 Å². The van der Waals surface area contributed by atoms with Crippen molar-refractivity contribution in [2.75, 3.05) is 13.1 Å². The van der Waals surface area contributed by atoms with Crippen molar-refractivity contribution in [3.05, 3.63) is 30.1 Å². The van der Waals surface area contributed by atoms with Gasteiger partial charge in [0.05, 0.1) is 12.2 Å². The average molecular weight is 189 g/mol. The molecule has 4 nitrogen and oxygen atoms in total. The molecule has 4 heteroatoms. The SMILES string of the molecule is N#C[C@@H](c1cccnc1)N1CC(O)C1. The van der Waals surface area contributed by atoms with Crippen LogP contribution >= 0.6 is 0 Å². The molecule has 1 atom stereocenters. The highest BCUT2D eigenvalue weighted by Gasteiger charge is 2.31. The second-order valence-corrected chi connectivity index (χ2v) is 3.43. The molecule has 0 radical (unpaired) electrons. The van der Waals surface area contributed by atoms with Crippen molar-refractivity contribution < 1.29 is 5.11 Å². The molecule has 1 fully saturated rings. The maximum absolute atomic E-state index is 9.14. The van der Waals surface area contributed by atoms with Crippen LogP contribution in [-0.2, 0) is 0 Å². The molecule has 1 aromatic heterocycles. The van der Waals surface area contributed by atoms with Gasteiger partial charge in [0.1, 0.15) is 6.04 Å². The fourth-order valence-corrected chi connectivity index (χ4v) is 1.60. The Morgan fingerprint density at radius 3 is 2.93 bits per heavy atom. The number of aliphatic hydroxyl groups is 1. The first-order chi connectivity index (χ1) is 6.81. The van der Waals surface area contributed by atoms with Crippen molar-refractivity contribution in [2.45, 2.75) is 12.1 Å². The molecular formula is C10H11N3O. The predicted octanol–water partition coefficient (Wildman–Crippen LogP) is 0.323. The zero-order valence-corrected chi connectivity index (χ0v) is 7.67. The highest BCUT2D eigenvalue weighted by atomic mass is 16.3. The summed E-state index contributed by atoms with van der Waals surface area (Å²) in [6, 6.07) is 5.64. The predicted molar refractivity (Wildman–Crippen MR) is 50.2 cm³/mol. The molecule has 1 aliphatic heterocycles. The maximum Gasteiger partial charge on any atom is 0.125 e. The fourth-order valence-electron chi connectivity index (χ4n) is 1.60. The van der Waals surface area contributed by atoms with Gasteiger partial charge in [-0.1, -0.05) is 6.07 Å². The molecule has 1 N–H and O–H groups in total. The van der Waals surface area contributed by atoms with Gasteiger partial charge in [0.25, 0.3) is 0 Å². The lowest BCUT2D eigenvalue weighted by molar-refractivity contribution is -0.0127. The molecule has 0 unspecified atom stereocenters. The van der Waals surface area contributed by atoms with Crippen LogP contribution in [0.3, 0.4) is 0 Å². The van der Waals surface area contributed by atoms with E-state index in [4.69, 9.17) is 10.4 Å². The Bertz CT molecular complexity index is 340. The number of pyridine rings is 1. The second-order valence-electron chi connectivity index (χ2n) is 3.43. The maximum atomic E-state index is 9.14. The Hall–Kier alpha value is -1.44. The monoisotopic (exact) mass is 189 g/mol. The number of aliphatic hydroxyl groups excluding tert-OH is 1. The molecule has 1 saturated heterocycles. The second kappa shape index (κ2) is 3.74. The van der Waals surface area contributed by atoms with Crippen molar-refractivity contribution in [1.29, 1.82) is 5.26 Å². The van der Waals surface area contributed by atoms with Gasteiger partial charge in [-0.3, -0.25) is 9.88 Å². The van der Waals surface area contributed by atoms with Crippen molar-refractivity contribution >= 4 is 0 Å². The minimum atomic E-state index is -0.275. The van der Waals surface area contributed by atoms with Crippen LogP contribution in [0.15, 0.2) is 24.5 Å². The molecule has 72 valence electrons. The van der Waals surface area contributed by atoms with Crippen LogP contribution in [0.1, 0.15) is 11.6 Å². The normalized spacial score (nSPS) is 19.7. The molecule has 0 saturated carbocycles. The lowest BCUT2D eigenvalue weighted by Crippen LogP contribution is -2.51. The first kappa shape index (κ1) is 9.13. The summed E-state index contributed by atoms with van der Waals surface area (Å²) in [5.41, 5.74) is 0.891. The highest BCUT2D eigenvalue weighted by molar-refractivity contribution is 5.21. The summed E-state index contributed by atoms with van der Waals surface area (Å²) in [5, 5.41) is 18.1. The van der Waals surface area contributed by atoms with Gasteiger partial charge in [0.15, 0.2) is 0 Å². The van der Waals surface area contributed by atoms with Gasteiger partial charge < -0.3 is 5.11 Å². The Morgan fingerprint density at radius 1 is 1.64 bits per heavy atom. The Balaban J connectivity index is 2.12. The van der Waals surface area contributed by atoms with Gasteiger partial charge in [0, 0.05) is 31.0 Å². The molecule has 14 heavy (non-hydrogen) atoms. The van der Waals surface area contributed by atoms with Gasteiger partial charge >= 0.3 is 0 Å².